The van der Waals surface area contributed by atoms with Gasteiger partial charge in [0.2, 0.25) is 0 Å². The van der Waals surface area contributed by atoms with Crippen molar-refractivity contribution in [2.75, 3.05) is 26.8 Å². The molecule has 1 unspecified atom stereocenters. The van der Waals surface area contributed by atoms with E-state index in [0.29, 0.717) is 19.1 Å². The number of rotatable bonds is 6. The van der Waals surface area contributed by atoms with E-state index in [2.05, 4.69) is 25.6 Å². The van der Waals surface area contributed by atoms with Crippen LogP contribution in [0.5, 0.6) is 0 Å². The second kappa shape index (κ2) is 6.45. The number of hydrogen-bond acceptors (Lipinski definition) is 4. The first-order valence-electron chi connectivity index (χ1n) is 5.26. The number of alkyl halides is 1. The molecule has 1 atom stereocenters. The Hall–Kier alpha value is -0.130. The van der Waals surface area contributed by atoms with E-state index in [0.717, 1.165) is 0 Å². The average Bonchev–Trinajstić information content (AvgIpc) is 2.14. The first-order chi connectivity index (χ1) is 7.19. The van der Waals surface area contributed by atoms with Gasteiger partial charge in [-0.1, -0.05) is 22.4 Å². The fourth-order valence-electron chi connectivity index (χ4n) is 1.71. The number of methoxy groups -OCH3 is 1. The van der Waals surface area contributed by atoms with E-state index in [1.807, 2.05) is 0 Å². The predicted molar refractivity (Wildman–Crippen MR) is 61.0 cm³/mol. The van der Waals surface area contributed by atoms with Crippen LogP contribution >= 0.6 is 15.9 Å². The Labute approximate surface area is 98.7 Å². The zero-order valence-electron chi connectivity index (χ0n) is 8.99. The number of nitrogens with zero attached hydrogens (tertiary/aromatic N) is 1. The summed E-state index contributed by atoms with van der Waals surface area (Å²) in [6.07, 6.45) is 3.58. The third kappa shape index (κ3) is 3.74. The lowest BCUT2D eigenvalue weighted by Crippen LogP contribution is -2.46. The molecule has 0 amide bonds. The molecule has 0 aromatic rings. The summed E-state index contributed by atoms with van der Waals surface area (Å²) >= 11 is 3.30. The summed E-state index contributed by atoms with van der Waals surface area (Å²) in [5.74, 6) is -0.253. The number of esters is 1. The third-order valence-electron chi connectivity index (χ3n) is 2.83. The van der Waals surface area contributed by atoms with Crippen LogP contribution < -0.4 is 0 Å². The molecule has 0 bridgehead atoms. The van der Waals surface area contributed by atoms with Gasteiger partial charge in [0.15, 0.2) is 0 Å². The first-order valence-corrected chi connectivity index (χ1v) is 6.17. The molecule has 0 heterocycles. The summed E-state index contributed by atoms with van der Waals surface area (Å²) < 4.78 is 4.65. The van der Waals surface area contributed by atoms with Crippen molar-refractivity contribution in [3.05, 3.63) is 0 Å². The van der Waals surface area contributed by atoms with Crippen molar-refractivity contribution in [2.45, 2.75) is 30.1 Å². The highest BCUT2D eigenvalue weighted by molar-refractivity contribution is 9.10. The third-order valence-corrected chi connectivity index (χ3v) is 3.49. The van der Waals surface area contributed by atoms with Crippen molar-refractivity contribution in [3.63, 3.8) is 0 Å². The van der Waals surface area contributed by atoms with Gasteiger partial charge in [-0.15, -0.1) is 0 Å². The summed E-state index contributed by atoms with van der Waals surface area (Å²) in [6, 6.07) is 0.529. The predicted octanol–water partition coefficient (Wildman–Crippen LogP) is 0.770. The minimum Gasteiger partial charge on any atom is -0.468 e. The van der Waals surface area contributed by atoms with Gasteiger partial charge in [0, 0.05) is 19.1 Å². The lowest BCUT2D eigenvalue weighted by molar-refractivity contribution is -0.140. The zero-order chi connectivity index (χ0) is 11.3. The number of aliphatic hydroxyl groups excluding tert-OH is 1. The summed E-state index contributed by atoms with van der Waals surface area (Å²) in [7, 11) is 1.39. The summed E-state index contributed by atoms with van der Waals surface area (Å²) in [5.41, 5.74) is 0. The number of carbonyl (C=O) groups excluding carboxylic acids is 1. The molecule has 1 aliphatic carbocycles. The number of carbonyl (C=O) groups is 1. The van der Waals surface area contributed by atoms with Gasteiger partial charge in [0.05, 0.1) is 13.7 Å². The minimum absolute atomic E-state index is 0.136. The minimum atomic E-state index is -0.297. The highest BCUT2D eigenvalue weighted by Gasteiger charge is 2.28. The van der Waals surface area contributed by atoms with E-state index in [4.69, 9.17) is 5.11 Å². The van der Waals surface area contributed by atoms with Gasteiger partial charge in [0.25, 0.3) is 0 Å². The Bertz CT molecular complexity index is 209. The number of hydrogen-bond donors (Lipinski definition) is 1. The fourth-order valence-corrected chi connectivity index (χ4v) is 2.27. The second-order valence-electron chi connectivity index (χ2n) is 3.79. The second-order valence-corrected chi connectivity index (χ2v) is 4.90. The molecule has 0 saturated heterocycles. The van der Waals surface area contributed by atoms with Gasteiger partial charge in [0.1, 0.15) is 4.83 Å². The Balaban J connectivity index is 2.38. The van der Waals surface area contributed by atoms with Crippen molar-refractivity contribution in [1.82, 2.24) is 4.90 Å². The van der Waals surface area contributed by atoms with E-state index >= 15 is 0 Å². The maximum atomic E-state index is 11.2. The van der Waals surface area contributed by atoms with Crippen LogP contribution in [0.2, 0.25) is 0 Å². The topological polar surface area (TPSA) is 49.8 Å². The normalized spacial score (nSPS) is 18.7. The van der Waals surface area contributed by atoms with E-state index in [-0.39, 0.29) is 17.4 Å². The number of aliphatic hydroxyl groups is 1. The van der Waals surface area contributed by atoms with Gasteiger partial charge in [-0.25, -0.2) is 0 Å². The van der Waals surface area contributed by atoms with Crippen LogP contribution in [0.4, 0.5) is 0 Å². The molecule has 0 spiro atoms. The van der Waals surface area contributed by atoms with E-state index in [1.165, 1.54) is 26.4 Å². The lowest BCUT2D eigenvalue weighted by Gasteiger charge is -2.37. The largest absolute Gasteiger partial charge is 0.468 e. The van der Waals surface area contributed by atoms with Crippen LogP contribution in [-0.4, -0.2) is 53.7 Å². The molecule has 5 heteroatoms. The SMILES string of the molecule is COC(=O)C(Br)CN(CCO)C1CCC1. The number of ether oxygens (including phenoxy) is 1. The quantitative estimate of drug-likeness (QED) is 0.577. The molecule has 1 rings (SSSR count). The molecule has 0 radical (unpaired) electrons. The maximum Gasteiger partial charge on any atom is 0.320 e. The Morgan fingerprint density at radius 3 is 2.73 bits per heavy atom. The van der Waals surface area contributed by atoms with Crippen LogP contribution in [0, 0.1) is 0 Å². The average molecular weight is 280 g/mol. The molecule has 0 aromatic heterocycles. The van der Waals surface area contributed by atoms with Crippen LogP contribution in [-0.2, 0) is 9.53 Å². The standard InChI is InChI=1S/C10H18BrNO3/c1-15-10(14)9(11)7-12(5-6-13)8-3-2-4-8/h8-9,13H,2-7H2,1H3. The Morgan fingerprint density at radius 2 is 2.33 bits per heavy atom. The van der Waals surface area contributed by atoms with Crippen molar-refractivity contribution in [2.24, 2.45) is 0 Å². The van der Waals surface area contributed by atoms with Crippen LogP contribution in [0.3, 0.4) is 0 Å². The van der Waals surface area contributed by atoms with E-state index < -0.39 is 0 Å². The van der Waals surface area contributed by atoms with Crippen LogP contribution in [0.1, 0.15) is 19.3 Å². The Morgan fingerprint density at radius 1 is 1.67 bits per heavy atom. The van der Waals surface area contributed by atoms with Crippen LogP contribution in [0.25, 0.3) is 0 Å². The van der Waals surface area contributed by atoms with Gasteiger partial charge in [-0.05, 0) is 12.8 Å². The molecule has 1 saturated carbocycles. The van der Waals surface area contributed by atoms with Gasteiger partial charge >= 0.3 is 5.97 Å². The monoisotopic (exact) mass is 279 g/mol. The van der Waals surface area contributed by atoms with Gasteiger partial charge in [-0.3, -0.25) is 9.69 Å². The Kier molecular flexibility index (Phi) is 5.56. The number of halogens is 1. The van der Waals surface area contributed by atoms with Crippen molar-refractivity contribution in [3.8, 4) is 0 Å². The lowest BCUT2D eigenvalue weighted by atomic mass is 9.91. The summed E-state index contributed by atoms with van der Waals surface area (Å²) in [6.45, 7) is 1.37. The smallest absolute Gasteiger partial charge is 0.320 e. The summed E-state index contributed by atoms with van der Waals surface area (Å²) in [4.78, 5) is 13.1. The summed E-state index contributed by atoms with van der Waals surface area (Å²) in [5, 5.41) is 8.94. The zero-order valence-corrected chi connectivity index (χ0v) is 10.6. The highest BCUT2D eigenvalue weighted by atomic mass is 79.9. The molecule has 1 fully saturated rings. The van der Waals surface area contributed by atoms with E-state index in [9.17, 15) is 4.79 Å². The maximum absolute atomic E-state index is 11.2. The molecule has 0 aliphatic heterocycles. The molecular weight excluding hydrogens is 262 g/mol. The first kappa shape index (κ1) is 12.9. The highest BCUT2D eigenvalue weighted by Crippen LogP contribution is 2.25. The van der Waals surface area contributed by atoms with Gasteiger partial charge in [-0.2, -0.15) is 0 Å². The van der Waals surface area contributed by atoms with Gasteiger partial charge < -0.3 is 9.84 Å². The molecule has 15 heavy (non-hydrogen) atoms. The molecular formula is C10H18BrNO3. The molecule has 88 valence electrons. The van der Waals surface area contributed by atoms with Crippen LogP contribution in [0.15, 0.2) is 0 Å². The fraction of sp³-hybridized carbons (Fsp3) is 0.900. The van der Waals surface area contributed by atoms with E-state index in [1.54, 1.807) is 0 Å². The molecule has 0 aromatic carbocycles. The molecule has 1 aliphatic rings. The van der Waals surface area contributed by atoms with Crippen molar-refractivity contribution in [1.29, 1.82) is 0 Å². The molecule has 4 nitrogen and oxygen atoms in total. The van der Waals surface area contributed by atoms with Crippen molar-refractivity contribution < 1.29 is 14.6 Å². The van der Waals surface area contributed by atoms with Crippen molar-refractivity contribution >= 4 is 21.9 Å². The molecule has 1 N–H and O–H groups in total.